The number of aromatic nitrogens is 2. The minimum atomic E-state index is 0.529. The summed E-state index contributed by atoms with van der Waals surface area (Å²) in [7, 11) is 0. The summed E-state index contributed by atoms with van der Waals surface area (Å²) in [5.41, 5.74) is 2.41. The Labute approximate surface area is 75.6 Å². The summed E-state index contributed by atoms with van der Waals surface area (Å²) in [4.78, 5) is 4.20. The van der Waals surface area contributed by atoms with Gasteiger partial charge in [0.1, 0.15) is 0 Å². The molecule has 0 saturated carbocycles. The summed E-state index contributed by atoms with van der Waals surface area (Å²) in [5, 5.41) is 0. The summed E-state index contributed by atoms with van der Waals surface area (Å²) < 4.78 is 2.18. The summed E-state index contributed by atoms with van der Waals surface area (Å²) in [6.45, 7) is 12.5. The summed E-state index contributed by atoms with van der Waals surface area (Å²) in [6.07, 6.45) is 1.90. The van der Waals surface area contributed by atoms with Gasteiger partial charge in [0.2, 0.25) is 0 Å². The molecule has 1 rings (SSSR count). The van der Waals surface area contributed by atoms with Crippen molar-refractivity contribution in [2.45, 2.75) is 47.6 Å². The average molecular weight is 168 g/mol. The lowest BCUT2D eigenvalue weighted by Crippen LogP contribution is -2.00. The molecule has 0 N–H and O–H groups in total. The van der Waals surface area contributed by atoms with E-state index in [0.717, 1.165) is 5.69 Å². The minimum Gasteiger partial charge on any atom is -0.332 e. The fourth-order valence-electron chi connectivity index (χ4n) is 1.04. The third-order valence-corrected chi connectivity index (χ3v) is 1.84. The van der Waals surface area contributed by atoms with E-state index in [4.69, 9.17) is 0 Å². The SMILES string of the molecule is CC.Cc1ncn(C(C)C)c1C. The van der Waals surface area contributed by atoms with Crippen molar-refractivity contribution in [1.29, 1.82) is 0 Å². The second-order valence-corrected chi connectivity index (χ2v) is 2.92. The molecule has 12 heavy (non-hydrogen) atoms. The van der Waals surface area contributed by atoms with Crippen molar-refractivity contribution in [2.24, 2.45) is 0 Å². The van der Waals surface area contributed by atoms with Gasteiger partial charge in [-0.25, -0.2) is 4.98 Å². The predicted molar refractivity (Wildman–Crippen MR) is 53.4 cm³/mol. The maximum Gasteiger partial charge on any atom is 0.0953 e. The second-order valence-electron chi connectivity index (χ2n) is 2.92. The van der Waals surface area contributed by atoms with E-state index in [1.54, 1.807) is 0 Å². The zero-order valence-electron chi connectivity index (χ0n) is 9.05. The molecule has 0 atom stereocenters. The maximum absolute atomic E-state index is 4.20. The highest BCUT2D eigenvalue weighted by Crippen LogP contribution is 2.10. The third kappa shape index (κ3) is 2.36. The molecule has 2 nitrogen and oxygen atoms in total. The second kappa shape index (κ2) is 4.96. The third-order valence-electron chi connectivity index (χ3n) is 1.84. The van der Waals surface area contributed by atoms with Crippen LogP contribution in [0.1, 0.15) is 45.1 Å². The highest BCUT2D eigenvalue weighted by atomic mass is 15.1. The maximum atomic E-state index is 4.20. The van der Waals surface area contributed by atoms with Crippen LogP contribution in [0.15, 0.2) is 6.33 Å². The quantitative estimate of drug-likeness (QED) is 0.630. The van der Waals surface area contributed by atoms with Crippen molar-refractivity contribution < 1.29 is 0 Å². The number of nitrogens with zero attached hydrogens (tertiary/aromatic N) is 2. The molecule has 0 saturated heterocycles. The lowest BCUT2D eigenvalue weighted by molar-refractivity contribution is 0.585. The van der Waals surface area contributed by atoms with Crippen LogP contribution in [0.25, 0.3) is 0 Å². The van der Waals surface area contributed by atoms with Crippen LogP contribution in [-0.2, 0) is 0 Å². The Morgan fingerprint density at radius 1 is 1.25 bits per heavy atom. The number of hydrogen-bond acceptors (Lipinski definition) is 1. The average Bonchev–Trinajstić information content (AvgIpc) is 2.37. The van der Waals surface area contributed by atoms with E-state index in [-0.39, 0.29) is 0 Å². The highest BCUT2D eigenvalue weighted by molar-refractivity contribution is 5.09. The molecular formula is C10H20N2. The lowest BCUT2D eigenvalue weighted by atomic mass is 10.3. The number of hydrogen-bond donors (Lipinski definition) is 0. The molecule has 0 fully saturated rings. The Balaban J connectivity index is 0.000000561. The van der Waals surface area contributed by atoms with E-state index < -0.39 is 0 Å². The number of aryl methyl sites for hydroxylation is 1. The van der Waals surface area contributed by atoms with E-state index in [9.17, 15) is 0 Å². The van der Waals surface area contributed by atoms with Crippen molar-refractivity contribution in [3.05, 3.63) is 17.7 Å². The van der Waals surface area contributed by atoms with Gasteiger partial charge in [-0.3, -0.25) is 0 Å². The molecule has 0 aliphatic heterocycles. The fourth-order valence-corrected chi connectivity index (χ4v) is 1.04. The molecule has 0 spiro atoms. The van der Waals surface area contributed by atoms with Gasteiger partial charge in [0.25, 0.3) is 0 Å². The van der Waals surface area contributed by atoms with Crippen LogP contribution in [0.5, 0.6) is 0 Å². The number of rotatable bonds is 1. The van der Waals surface area contributed by atoms with E-state index in [1.807, 2.05) is 27.1 Å². The molecular weight excluding hydrogens is 148 g/mol. The van der Waals surface area contributed by atoms with E-state index >= 15 is 0 Å². The lowest BCUT2D eigenvalue weighted by Gasteiger charge is -2.08. The Kier molecular flexibility index (Phi) is 4.64. The molecule has 70 valence electrons. The van der Waals surface area contributed by atoms with Crippen LogP contribution in [-0.4, -0.2) is 9.55 Å². The largest absolute Gasteiger partial charge is 0.332 e. The van der Waals surface area contributed by atoms with Crippen molar-refractivity contribution in [3.8, 4) is 0 Å². The highest BCUT2D eigenvalue weighted by Gasteiger charge is 2.03. The zero-order valence-corrected chi connectivity index (χ0v) is 9.05. The Morgan fingerprint density at radius 2 is 1.75 bits per heavy atom. The smallest absolute Gasteiger partial charge is 0.0953 e. The van der Waals surface area contributed by atoms with Crippen molar-refractivity contribution in [1.82, 2.24) is 9.55 Å². The van der Waals surface area contributed by atoms with Crippen LogP contribution in [0.3, 0.4) is 0 Å². The first-order valence-corrected chi connectivity index (χ1v) is 4.63. The van der Waals surface area contributed by atoms with Gasteiger partial charge in [0, 0.05) is 11.7 Å². The Hall–Kier alpha value is -0.790. The molecule has 1 heterocycles. The molecule has 0 aromatic carbocycles. The minimum absolute atomic E-state index is 0.529. The topological polar surface area (TPSA) is 17.8 Å². The molecule has 1 aromatic rings. The van der Waals surface area contributed by atoms with E-state index in [0.29, 0.717) is 6.04 Å². The standard InChI is InChI=1S/C8H14N2.C2H6/c1-6(2)10-5-9-7(3)8(10)4;1-2/h5-6H,1-4H3;1-2H3. The van der Waals surface area contributed by atoms with Crippen molar-refractivity contribution in [2.75, 3.05) is 0 Å². The summed E-state index contributed by atoms with van der Waals surface area (Å²) in [6, 6.07) is 0.529. The number of imidazole rings is 1. The van der Waals surface area contributed by atoms with Gasteiger partial charge in [0.05, 0.1) is 12.0 Å². The first-order valence-electron chi connectivity index (χ1n) is 4.63. The van der Waals surface area contributed by atoms with Crippen molar-refractivity contribution >= 4 is 0 Å². The Morgan fingerprint density at radius 3 is 1.92 bits per heavy atom. The monoisotopic (exact) mass is 168 g/mol. The molecule has 1 aromatic heterocycles. The molecule has 0 unspecified atom stereocenters. The zero-order chi connectivity index (χ0) is 9.72. The molecule has 0 radical (unpaired) electrons. The molecule has 0 amide bonds. The first-order chi connectivity index (χ1) is 5.63. The van der Waals surface area contributed by atoms with Gasteiger partial charge in [-0.15, -0.1) is 0 Å². The van der Waals surface area contributed by atoms with Gasteiger partial charge >= 0.3 is 0 Å². The fraction of sp³-hybridized carbons (Fsp3) is 0.700. The first kappa shape index (κ1) is 11.2. The van der Waals surface area contributed by atoms with Gasteiger partial charge in [-0.2, -0.15) is 0 Å². The summed E-state index contributed by atoms with van der Waals surface area (Å²) >= 11 is 0. The Bertz CT molecular complexity index is 224. The van der Waals surface area contributed by atoms with Crippen LogP contribution in [0, 0.1) is 13.8 Å². The van der Waals surface area contributed by atoms with Crippen molar-refractivity contribution in [3.63, 3.8) is 0 Å². The van der Waals surface area contributed by atoms with E-state index in [2.05, 4.69) is 30.3 Å². The molecule has 0 aliphatic carbocycles. The predicted octanol–water partition coefficient (Wildman–Crippen LogP) is 3.11. The van der Waals surface area contributed by atoms with Crippen LogP contribution >= 0.6 is 0 Å². The van der Waals surface area contributed by atoms with Crippen LogP contribution in [0.2, 0.25) is 0 Å². The van der Waals surface area contributed by atoms with Crippen LogP contribution < -0.4 is 0 Å². The molecule has 0 aliphatic rings. The van der Waals surface area contributed by atoms with Gasteiger partial charge < -0.3 is 4.57 Å². The van der Waals surface area contributed by atoms with Gasteiger partial charge in [-0.1, -0.05) is 13.8 Å². The van der Waals surface area contributed by atoms with Gasteiger partial charge in [-0.05, 0) is 27.7 Å². The molecule has 2 heteroatoms. The van der Waals surface area contributed by atoms with Gasteiger partial charge in [0.15, 0.2) is 0 Å². The van der Waals surface area contributed by atoms with E-state index in [1.165, 1.54) is 5.69 Å². The normalized spacial score (nSPS) is 9.58. The van der Waals surface area contributed by atoms with Crippen LogP contribution in [0.4, 0.5) is 0 Å². The summed E-state index contributed by atoms with van der Waals surface area (Å²) in [5.74, 6) is 0. The molecule has 0 bridgehead atoms.